The molecule has 368 valence electrons. The number of ketones is 2. The summed E-state index contributed by atoms with van der Waals surface area (Å²) in [5, 5.41) is 29.6. The number of carbonyl (C=O) groups excluding carboxylic acids is 9. The Kier molecular flexibility index (Phi) is 20.8. The van der Waals surface area contributed by atoms with Gasteiger partial charge in [0.25, 0.3) is 0 Å². The van der Waals surface area contributed by atoms with Crippen molar-refractivity contribution in [3.8, 4) is 5.75 Å². The molecule has 0 unspecified atom stereocenters. The highest BCUT2D eigenvalue weighted by Crippen LogP contribution is 2.32. The smallest absolute Gasteiger partial charge is 0.329 e. The number of esters is 1. The minimum absolute atomic E-state index is 0.0319. The quantitative estimate of drug-likeness (QED) is 0.131. The molecular weight excluding hydrogens is 853 g/mol. The lowest BCUT2D eigenvalue weighted by Crippen LogP contribution is -2.63. The van der Waals surface area contributed by atoms with Gasteiger partial charge in [-0.3, -0.25) is 38.4 Å². The van der Waals surface area contributed by atoms with Crippen LogP contribution >= 0.6 is 0 Å². The van der Waals surface area contributed by atoms with Gasteiger partial charge < -0.3 is 46.4 Å². The van der Waals surface area contributed by atoms with Crippen molar-refractivity contribution in [3.05, 3.63) is 29.8 Å². The molecule has 2 saturated heterocycles. The predicted molar refractivity (Wildman–Crippen MR) is 243 cm³/mol. The summed E-state index contributed by atoms with van der Waals surface area (Å²) in [5.74, 6) is -10.2. The summed E-state index contributed by atoms with van der Waals surface area (Å²) in [6, 6.07) is -0.831. The van der Waals surface area contributed by atoms with Crippen molar-refractivity contribution in [2.75, 3.05) is 7.05 Å². The first-order valence-electron chi connectivity index (χ1n) is 23.4. The van der Waals surface area contributed by atoms with Crippen LogP contribution in [0.25, 0.3) is 0 Å². The van der Waals surface area contributed by atoms with Crippen LogP contribution in [0.5, 0.6) is 5.75 Å². The van der Waals surface area contributed by atoms with Gasteiger partial charge in [-0.05, 0) is 68.1 Å². The Bertz CT molecular complexity index is 1910. The summed E-state index contributed by atoms with van der Waals surface area (Å²) in [5.41, 5.74) is 5.95. The van der Waals surface area contributed by atoms with Crippen LogP contribution in [0.1, 0.15) is 126 Å². The van der Waals surface area contributed by atoms with Crippen LogP contribution in [-0.4, -0.2) is 123 Å². The minimum atomic E-state index is -1.67. The van der Waals surface area contributed by atoms with Gasteiger partial charge in [0, 0.05) is 50.5 Å². The van der Waals surface area contributed by atoms with Crippen LogP contribution in [0, 0.1) is 35.5 Å². The number of hydrogen-bond donors (Lipinski definition) is 6. The van der Waals surface area contributed by atoms with Crippen molar-refractivity contribution >= 4 is 53.0 Å². The van der Waals surface area contributed by atoms with Gasteiger partial charge in [0.05, 0.1) is 6.04 Å². The van der Waals surface area contributed by atoms with Crippen molar-refractivity contribution in [3.63, 3.8) is 0 Å². The van der Waals surface area contributed by atoms with Gasteiger partial charge in [-0.2, -0.15) is 0 Å². The largest absolute Gasteiger partial charge is 0.508 e. The normalized spacial score (nSPS) is 26.6. The number of ether oxygens (including phenoxy) is 1. The zero-order valence-corrected chi connectivity index (χ0v) is 40.3. The van der Waals surface area contributed by atoms with Crippen molar-refractivity contribution in [1.29, 1.82) is 0 Å². The molecule has 11 atom stereocenters. The van der Waals surface area contributed by atoms with E-state index in [1.54, 1.807) is 46.8 Å². The fourth-order valence-electron chi connectivity index (χ4n) is 8.39. The Morgan fingerprint density at radius 2 is 1.52 bits per heavy atom. The highest BCUT2D eigenvalue weighted by Gasteiger charge is 2.47. The molecule has 2 fully saturated rings. The van der Waals surface area contributed by atoms with E-state index in [-0.39, 0.29) is 68.8 Å². The van der Waals surface area contributed by atoms with Gasteiger partial charge in [-0.15, -0.1) is 0 Å². The maximum absolute atomic E-state index is 14.9. The second-order valence-electron chi connectivity index (χ2n) is 19.1. The van der Waals surface area contributed by atoms with Gasteiger partial charge in [0.15, 0.2) is 5.78 Å². The van der Waals surface area contributed by atoms with Crippen molar-refractivity contribution in [2.45, 2.75) is 169 Å². The number of phenols is 1. The third-order valence-corrected chi connectivity index (χ3v) is 13.1. The topological polar surface area (TPSA) is 272 Å². The third kappa shape index (κ3) is 14.8. The molecule has 6 amide bonds. The van der Waals surface area contributed by atoms with Gasteiger partial charge in [0.1, 0.15) is 48.0 Å². The number of Topliss-reactive ketones (excluding diaryl/α,β-unsaturated/α-hetero) is 2. The maximum atomic E-state index is 14.9. The summed E-state index contributed by atoms with van der Waals surface area (Å²) in [4.78, 5) is 128. The Balaban J connectivity index is 2.27. The number of nitrogens with zero attached hydrogens (tertiary/aromatic N) is 2. The molecule has 18 nitrogen and oxygen atoms in total. The average Bonchev–Trinajstić information content (AvgIpc) is 3.25. The molecule has 0 aromatic heterocycles. The zero-order valence-electron chi connectivity index (χ0n) is 40.3. The summed E-state index contributed by atoms with van der Waals surface area (Å²) in [6.45, 7) is 15.4. The maximum Gasteiger partial charge on any atom is 0.329 e. The van der Waals surface area contributed by atoms with Gasteiger partial charge >= 0.3 is 5.97 Å². The number of aliphatic hydroxyl groups is 1. The fraction of sp³-hybridized carbons (Fsp3) is 0.688. The zero-order chi connectivity index (χ0) is 49.7. The number of aliphatic hydroxyl groups excluding tert-OH is 1. The molecule has 0 radical (unpaired) electrons. The van der Waals surface area contributed by atoms with Gasteiger partial charge in [-0.25, -0.2) is 4.79 Å². The van der Waals surface area contributed by atoms with E-state index < -0.39 is 119 Å². The number of fused-ring (bicyclic) bond motifs is 2. The summed E-state index contributed by atoms with van der Waals surface area (Å²) in [7, 11) is 1.40. The van der Waals surface area contributed by atoms with E-state index in [0.717, 1.165) is 4.90 Å². The number of aromatic hydroxyl groups is 1. The number of likely N-dealkylation sites (N-methyl/N-ethyl adjacent to an activating group) is 1. The average molecular weight is 927 g/mol. The number of cyclic esters (lactones) is 1. The first-order valence-corrected chi connectivity index (χ1v) is 23.4. The van der Waals surface area contributed by atoms with Crippen LogP contribution in [-0.2, 0) is 54.3 Å². The van der Waals surface area contributed by atoms with E-state index in [2.05, 4.69) is 16.0 Å². The van der Waals surface area contributed by atoms with Crippen LogP contribution < -0.4 is 21.7 Å². The lowest BCUT2D eigenvalue weighted by atomic mass is 9.85. The number of hydrogen-bond acceptors (Lipinski definition) is 12. The molecule has 66 heavy (non-hydrogen) atoms. The second kappa shape index (κ2) is 24.9. The van der Waals surface area contributed by atoms with E-state index in [4.69, 9.17) is 10.5 Å². The first kappa shape index (κ1) is 54.9. The number of piperidine rings is 1. The van der Waals surface area contributed by atoms with Gasteiger partial charge in [0.2, 0.25) is 35.4 Å². The van der Waals surface area contributed by atoms with Crippen LogP contribution in [0.15, 0.2) is 24.3 Å². The van der Waals surface area contributed by atoms with Crippen LogP contribution in [0.3, 0.4) is 0 Å². The van der Waals surface area contributed by atoms with E-state index in [1.807, 2.05) is 20.8 Å². The first-order chi connectivity index (χ1) is 30.9. The number of rotatable bonds is 16. The third-order valence-electron chi connectivity index (χ3n) is 13.1. The van der Waals surface area contributed by atoms with Gasteiger partial charge in [-0.1, -0.05) is 80.4 Å². The second-order valence-corrected chi connectivity index (χ2v) is 19.1. The molecule has 18 heteroatoms. The van der Waals surface area contributed by atoms with E-state index in [9.17, 15) is 53.4 Å². The number of phenolic OH excluding ortho intramolecular Hbond substituents is 1. The van der Waals surface area contributed by atoms with Crippen LogP contribution in [0.2, 0.25) is 0 Å². The summed E-state index contributed by atoms with van der Waals surface area (Å²) < 4.78 is 5.94. The SMILES string of the molecule is CC[C@H](C)[C@@H]1NC(=O)[C@H](Cc2ccc(O)cc2)N(C)C(=O)[C@H]([C@@H](C)CC)N2C(=O)[C@H](CC[C@H]2O)CC(=O)[C@H](CC(C)C)NC(=O)[C@@H](NC(=O)[C@H](CCC(N)=O)CC(=O)C(C)C)[C@@H](C)OC1=O. The van der Waals surface area contributed by atoms with Crippen LogP contribution in [0.4, 0.5) is 0 Å². The van der Waals surface area contributed by atoms with Crippen molar-refractivity contribution in [2.24, 2.45) is 41.2 Å². The molecule has 0 saturated carbocycles. The highest BCUT2D eigenvalue weighted by atomic mass is 16.5. The number of benzene rings is 1. The van der Waals surface area contributed by atoms with Crippen molar-refractivity contribution < 1.29 is 58.1 Å². The summed E-state index contributed by atoms with van der Waals surface area (Å²) >= 11 is 0. The molecule has 2 heterocycles. The van der Waals surface area contributed by atoms with E-state index in [1.165, 1.54) is 31.0 Å². The highest BCUT2D eigenvalue weighted by molar-refractivity contribution is 5.98. The van der Waals surface area contributed by atoms with E-state index in [0.29, 0.717) is 18.4 Å². The molecule has 2 aliphatic heterocycles. The monoisotopic (exact) mass is 927 g/mol. The molecule has 7 N–H and O–H groups in total. The lowest BCUT2D eigenvalue weighted by Gasteiger charge is -2.44. The Labute approximate surface area is 388 Å². The van der Waals surface area contributed by atoms with Crippen molar-refractivity contribution in [1.82, 2.24) is 25.8 Å². The molecular formula is C48H74N6O12. The Morgan fingerprint density at radius 1 is 0.894 bits per heavy atom. The predicted octanol–water partition coefficient (Wildman–Crippen LogP) is 2.68. The molecule has 2 bridgehead atoms. The molecule has 0 aliphatic carbocycles. The number of primary amides is 1. The molecule has 1 aromatic carbocycles. The fourth-order valence-corrected chi connectivity index (χ4v) is 8.39. The number of nitrogens with one attached hydrogen (secondary N) is 3. The molecule has 1 aromatic rings. The molecule has 0 spiro atoms. The number of amides is 6. The summed E-state index contributed by atoms with van der Waals surface area (Å²) in [6.07, 6.45) is -3.00. The Morgan fingerprint density at radius 3 is 2.08 bits per heavy atom. The number of nitrogens with two attached hydrogens (primary N) is 1. The molecule has 3 rings (SSSR count). The number of carbonyl (C=O) groups is 9. The Hall–Kier alpha value is -5.39. The lowest BCUT2D eigenvalue weighted by molar-refractivity contribution is -0.170. The molecule has 2 aliphatic rings. The minimum Gasteiger partial charge on any atom is -0.508 e. The van der Waals surface area contributed by atoms with E-state index >= 15 is 0 Å². The standard InChI is InChI=1S/C48H74N6O12/c1-11-27(7)40-48(65)66-29(9)41(52-43(60)31(15-19-38(49)58)23-36(56)26(5)6)45(62)50-34(21-25(3)4)37(57)24-32-16-20-39(59)54(46(32)63)42(28(8)12-2)47(64)53(10)35(44(61)51-40)22-30-13-17-33(55)18-14-30/h13-14,17-18,25-29,31-32,34-35,39-42,55,59H,11-12,15-16,19-24H2,1-10H3,(H2,49,58)(H,50,62)(H,51,61)(H,52,60)/t27-,28-,29+,31+,32+,34-,35-,39+,40-,41-,42-/m0/s1.